The van der Waals surface area contributed by atoms with Crippen LogP contribution in [0.4, 0.5) is 0 Å². The third-order valence-corrected chi connectivity index (χ3v) is 6.93. The quantitative estimate of drug-likeness (QED) is 0.453. The van der Waals surface area contributed by atoms with Crippen LogP contribution in [0.2, 0.25) is 0 Å². The molecule has 21 heavy (non-hydrogen) atoms. The summed E-state index contributed by atoms with van der Waals surface area (Å²) in [4.78, 5) is 37.7. The van der Waals surface area contributed by atoms with Crippen LogP contribution in [0.5, 0.6) is 0 Å². The predicted octanol–water partition coefficient (Wildman–Crippen LogP) is 0.510. The summed E-state index contributed by atoms with van der Waals surface area (Å²) in [6, 6.07) is 9.17. The van der Waals surface area contributed by atoms with Gasteiger partial charge >= 0.3 is 15.2 Å². The standard InChI is InChI=1S/C11H19NO7P2/c1-12(9-10-5-3-2-4-6-10)8-7-11(13,20(14,15)16)21(17,18)19/h2-6,13H,7-9H2,1H3,(H2,14,15,16)(H2,17,18,19). The zero-order valence-corrected chi connectivity index (χ0v) is 13.2. The van der Waals surface area contributed by atoms with Gasteiger partial charge < -0.3 is 29.6 Å². The number of nitrogens with zero attached hydrogens (tertiary/aromatic N) is 1. The summed E-state index contributed by atoms with van der Waals surface area (Å²) in [7, 11) is -9.15. The molecule has 0 aliphatic carbocycles. The predicted molar refractivity (Wildman–Crippen MR) is 76.4 cm³/mol. The van der Waals surface area contributed by atoms with Gasteiger partial charge in [-0.2, -0.15) is 0 Å². The summed E-state index contributed by atoms with van der Waals surface area (Å²) >= 11 is 0. The number of hydrogen-bond acceptors (Lipinski definition) is 4. The van der Waals surface area contributed by atoms with Crippen molar-refractivity contribution in [2.24, 2.45) is 0 Å². The molecule has 1 aromatic rings. The van der Waals surface area contributed by atoms with Crippen LogP contribution in [0.3, 0.4) is 0 Å². The molecule has 8 nitrogen and oxygen atoms in total. The molecule has 0 fully saturated rings. The molecule has 0 atom stereocenters. The molecular formula is C11H19NO7P2. The lowest BCUT2D eigenvalue weighted by Gasteiger charge is -2.30. The zero-order valence-electron chi connectivity index (χ0n) is 11.4. The fourth-order valence-corrected chi connectivity index (χ4v) is 3.92. The molecule has 0 aromatic heterocycles. The third-order valence-electron chi connectivity index (χ3n) is 3.06. The van der Waals surface area contributed by atoms with E-state index in [-0.39, 0.29) is 6.54 Å². The molecule has 0 amide bonds. The Morgan fingerprint density at radius 3 is 1.95 bits per heavy atom. The molecule has 0 saturated heterocycles. The molecule has 0 unspecified atom stereocenters. The molecule has 0 saturated carbocycles. The molecule has 0 spiro atoms. The van der Waals surface area contributed by atoms with E-state index < -0.39 is 26.7 Å². The molecule has 0 radical (unpaired) electrons. The Labute approximate surface area is 122 Å². The van der Waals surface area contributed by atoms with E-state index in [0.29, 0.717) is 6.54 Å². The van der Waals surface area contributed by atoms with Crippen LogP contribution in [-0.4, -0.2) is 48.3 Å². The average Bonchev–Trinajstić information content (AvgIpc) is 2.34. The summed E-state index contributed by atoms with van der Waals surface area (Å²) in [5.41, 5.74) is 0.927. The van der Waals surface area contributed by atoms with Gasteiger partial charge in [0.05, 0.1) is 0 Å². The third kappa shape index (κ3) is 4.71. The molecule has 1 aromatic carbocycles. The van der Waals surface area contributed by atoms with Crippen molar-refractivity contribution in [3.63, 3.8) is 0 Å². The first-order chi connectivity index (χ1) is 9.47. The van der Waals surface area contributed by atoms with Crippen molar-refractivity contribution in [3.8, 4) is 0 Å². The SMILES string of the molecule is CN(CCC(O)(P(=O)(O)O)P(=O)(O)O)Cc1ccccc1. The van der Waals surface area contributed by atoms with Gasteiger partial charge in [0, 0.05) is 19.5 Å². The van der Waals surface area contributed by atoms with Crippen molar-refractivity contribution in [1.82, 2.24) is 4.90 Å². The Balaban J connectivity index is 2.75. The second-order valence-electron chi connectivity index (χ2n) is 4.84. The second kappa shape index (κ2) is 6.69. The van der Waals surface area contributed by atoms with E-state index in [9.17, 15) is 14.2 Å². The Morgan fingerprint density at radius 1 is 1.05 bits per heavy atom. The van der Waals surface area contributed by atoms with Gasteiger partial charge in [-0.15, -0.1) is 0 Å². The Hall–Kier alpha value is -0.560. The molecule has 120 valence electrons. The highest BCUT2D eigenvalue weighted by atomic mass is 31.2. The Morgan fingerprint density at radius 2 is 1.52 bits per heavy atom. The van der Waals surface area contributed by atoms with E-state index in [1.807, 2.05) is 30.3 Å². The van der Waals surface area contributed by atoms with Crippen molar-refractivity contribution in [2.45, 2.75) is 18.0 Å². The van der Waals surface area contributed by atoms with Gasteiger partial charge in [-0.05, 0) is 12.6 Å². The van der Waals surface area contributed by atoms with Crippen LogP contribution in [0.15, 0.2) is 30.3 Å². The summed E-state index contributed by atoms with van der Waals surface area (Å²) in [5.74, 6) is 0. The largest absolute Gasteiger partial charge is 0.369 e. The highest BCUT2D eigenvalue weighted by Crippen LogP contribution is 2.68. The maximum Gasteiger partial charge on any atom is 0.369 e. The first-order valence-corrected chi connectivity index (χ1v) is 9.26. The average molecular weight is 339 g/mol. The van der Waals surface area contributed by atoms with Crippen LogP contribution < -0.4 is 0 Å². The molecule has 1 rings (SSSR count). The molecule has 0 aliphatic rings. The maximum absolute atomic E-state index is 11.2. The van der Waals surface area contributed by atoms with Crippen LogP contribution in [0, 0.1) is 0 Å². The van der Waals surface area contributed by atoms with Gasteiger partial charge in [0.15, 0.2) is 0 Å². The number of hydrogen-bond donors (Lipinski definition) is 5. The van der Waals surface area contributed by atoms with E-state index in [2.05, 4.69) is 0 Å². The van der Waals surface area contributed by atoms with Crippen molar-refractivity contribution in [2.75, 3.05) is 13.6 Å². The first-order valence-electron chi connectivity index (χ1n) is 6.03. The Bertz CT molecular complexity index is 531. The highest BCUT2D eigenvalue weighted by Gasteiger charge is 2.58. The molecule has 0 aliphatic heterocycles. The van der Waals surface area contributed by atoms with E-state index in [4.69, 9.17) is 19.6 Å². The molecule has 0 heterocycles. The van der Waals surface area contributed by atoms with Crippen molar-refractivity contribution in [3.05, 3.63) is 35.9 Å². The number of aliphatic hydroxyl groups is 1. The second-order valence-corrected chi connectivity index (χ2v) is 8.84. The number of rotatable bonds is 7. The topological polar surface area (TPSA) is 139 Å². The van der Waals surface area contributed by atoms with Gasteiger partial charge in [-0.25, -0.2) is 0 Å². The van der Waals surface area contributed by atoms with Crippen LogP contribution in [0.25, 0.3) is 0 Å². The minimum absolute atomic E-state index is 0.0956. The van der Waals surface area contributed by atoms with Crippen LogP contribution in [0.1, 0.15) is 12.0 Å². The van der Waals surface area contributed by atoms with Gasteiger partial charge in [0.2, 0.25) is 0 Å². The van der Waals surface area contributed by atoms with Gasteiger partial charge in [-0.3, -0.25) is 9.13 Å². The minimum Gasteiger partial charge on any atom is -0.367 e. The lowest BCUT2D eigenvalue weighted by atomic mass is 10.2. The van der Waals surface area contributed by atoms with Crippen molar-refractivity contribution >= 4 is 15.2 Å². The van der Waals surface area contributed by atoms with Gasteiger partial charge in [0.25, 0.3) is 5.08 Å². The van der Waals surface area contributed by atoms with Crippen molar-refractivity contribution < 1.29 is 33.8 Å². The number of benzene rings is 1. The molecule has 10 heteroatoms. The first kappa shape index (κ1) is 18.5. The Kier molecular flexibility index (Phi) is 5.89. The normalized spacial score (nSPS) is 13.7. The van der Waals surface area contributed by atoms with Crippen molar-refractivity contribution in [1.29, 1.82) is 0 Å². The summed E-state index contributed by atoms with van der Waals surface area (Å²) in [6.45, 7) is 0.320. The van der Waals surface area contributed by atoms with E-state index >= 15 is 0 Å². The van der Waals surface area contributed by atoms with E-state index in [1.54, 1.807) is 11.9 Å². The highest BCUT2D eigenvalue weighted by molar-refractivity contribution is 7.72. The summed E-state index contributed by atoms with van der Waals surface area (Å²) in [6.07, 6.45) is -0.745. The molecule has 0 bridgehead atoms. The van der Waals surface area contributed by atoms with E-state index in [0.717, 1.165) is 5.56 Å². The molecule has 5 N–H and O–H groups in total. The van der Waals surface area contributed by atoms with Gasteiger partial charge in [0.1, 0.15) is 0 Å². The lowest BCUT2D eigenvalue weighted by Crippen LogP contribution is -2.33. The van der Waals surface area contributed by atoms with E-state index in [1.165, 1.54) is 0 Å². The summed E-state index contributed by atoms with van der Waals surface area (Å²) in [5, 5.41) is 6.39. The smallest absolute Gasteiger partial charge is 0.367 e. The van der Waals surface area contributed by atoms with Crippen LogP contribution >= 0.6 is 15.2 Å². The van der Waals surface area contributed by atoms with Gasteiger partial charge in [-0.1, -0.05) is 30.3 Å². The fourth-order valence-electron chi connectivity index (χ4n) is 1.78. The lowest BCUT2D eigenvalue weighted by molar-refractivity contribution is 0.111. The monoisotopic (exact) mass is 339 g/mol. The zero-order chi connectivity index (χ0) is 16.3. The summed E-state index contributed by atoms with van der Waals surface area (Å²) < 4.78 is 22.4. The molecular weight excluding hydrogens is 320 g/mol. The maximum atomic E-state index is 11.2. The van der Waals surface area contributed by atoms with Crippen LogP contribution in [-0.2, 0) is 15.7 Å². The fraction of sp³-hybridized carbons (Fsp3) is 0.455. The minimum atomic E-state index is -5.38.